The van der Waals surface area contributed by atoms with Crippen LogP contribution in [0.3, 0.4) is 0 Å². The summed E-state index contributed by atoms with van der Waals surface area (Å²) in [5.74, 6) is 0.0840. The van der Waals surface area contributed by atoms with E-state index in [-0.39, 0.29) is 36.8 Å². The molecule has 0 spiro atoms. The number of hydrogen-bond acceptors (Lipinski definition) is 6. The van der Waals surface area contributed by atoms with Crippen molar-refractivity contribution in [3.8, 4) is 5.75 Å². The average Bonchev–Trinajstić information content (AvgIpc) is 3.48. The molecular formula is C29H31N5O4. The molecule has 9 heteroatoms. The van der Waals surface area contributed by atoms with Crippen molar-refractivity contribution < 1.29 is 19.1 Å². The second kappa shape index (κ2) is 10.0. The number of fused-ring (bicyclic) bond motifs is 2. The summed E-state index contributed by atoms with van der Waals surface area (Å²) >= 11 is 0. The molecule has 1 aromatic heterocycles. The lowest BCUT2D eigenvalue weighted by molar-refractivity contribution is -0.140. The normalized spacial score (nSPS) is 19.4. The van der Waals surface area contributed by atoms with Crippen molar-refractivity contribution in [2.45, 2.75) is 51.2 Å². The number of aromatic nitrogens is 3. The van der Waals surface area contributed by atoms with Crippen LogP contribution in [-0.2, 0) is 24.9 Å². The van der Waals surface area contributed by atoms with E-state index in [1.807, 2.05) is 23.1 Å². The van der Waals surface area contributed by atoms with Crippen LogP contribution in [0.4, 0.5) is 0 Å². The molecule has 1 aliphatic carbocycles. The van der Waals surface area contributed by atoms with E-state index >= 15 is 0 Å². The minimum absolute atomic E-state index is 0.0253. The van der Waals surface area contributed by atoms with Gasteiger partial charge in [-0.2, -0.15) is 0 Å². The zero-order valence-corrected chi connectivity index (χ0v) is 21.5. The van der Waals surface area contributed by atoms with E-state index in [1.54, 1.807) is 42.2 Å². The van der Waals surface area contributed by atoms with Crippen molar-refractivity contribution in [1.29, 1.82) is 0 Å². The van der Waals surface area contributed by atoms with Crippen molar-refractivity contribution >= 4 is 17.7 Å². The maximum absolute atomic E-state index is 13.9. The fraction of sp³-hybridized carbons (Fsp3) is 0.414. The van der Waals surface area contributed by atoms with Gasteiger partial charge in [-0.05, 0) is 43.0 Å². The second-order valence-corrected chi connectivity index (χ2v) is 10.4. The highest BCUT2D eigenvalue weighted by molar-refractivity contribution is 6.21. The number of aryl methyl sites for hydroxylation is 1. The molecular weight excluding hydrogens is 482 g/mol. The Labute approximate surface area is 221 Å². The lowest BCUT2D eigenvalue weighted by atomic mass is 9.85. The Morgan fingerprint density at radius 2 is 1.74 bits per heavy atom. The van der Waals surface area contributed by atoms with Gasteiger partial charge in [0.05, 0.1) is 29.9 Å². The monoisotopic (exact) mass is 513 g/mol. The highest BCUT2D eigenvalue weighted by atomic mass is 16.5. The summed E-state index contributed by atoms with van der Waals surface area (Å²) < 4.78 is 7.87. The number of carbonyl (C=O) groups is 3. The van der Waals surface area contributed by atoms with Crippen molar-refractivity contribution in [3.05, 3.63) is 76.6 Å². The lowest BCUT2D eigenvalue weighted by Gasteiger charge is -2.41. The predicted octanol–water partition coefficient (Wildman–Crippen LogP) is 3.70. The van der Waals surface area contributed by atoms with Gasteiger partial charge in [0.15, 0.2) is 0 Å². The molecule has 0 radical (unpaired) electrons. The van der Waals surface area contributed by atoms with E-state index in [4.69, 9.17) is 4.74 Å². The summed E-state index contributed by atoms with van der Waals surface area (Å²) in [5.41, 5.74) is 3.43. The van der Waals surface area contributed by atoms with Crippen LogP contribution in [0.1, 0.15) is 75.7 Å². The number of carbonyl (C=O) groups excluding carboxylic acids is 3. The Morgan fingerprint density at radius 1 is 1.00 bits per heavy atom. The van der Waals surface area contributed by atoms with Crippen LogP contribution in [-0.4, -0.2) is 55.6 Å². The SMILES string of the molecule is Cn1cc(COc2cccc3c2[C@@H](CN2C(=O)c4ccccc4C2=O)N(C(=O)C2CCCCC2)CC3)nn1. The first kappa shape index (κ1) is 24.3. The van der Waals surface area contributed by atoms with Crippen LogP contribution in [0.15, 0.2) is 48.7 Å². The number of rotatable bonds is 6. The molecule has 3 amide bonds. The van der Waals surface area contributed by atoms with Gasteiger partial charge < -0.3 is 9.64 Å². The van der Waals surface area contributed by atoms with Crippen molar-refractivity contribution in [3.63, 3.8) is 0 Å². The minimum atomic E-state index is -0.492. The molecule has 2 aromatic carbocycles. The summed E-state index contributed by atoms with van der Waals surface area (Å²) in [4.78, 5) is 43.7. The van der Waals surface area contributed by atoms with Gasteiger partial charge in [0.2, 0.25) is 5.91 Å². The number of hydrogen-bond donors (Lipinski definition) is 0. The molecule has 3 heterocycles. The number of ether oxygens (including phenoxy) is 1. The van der Waals surface area contributed by atoms with Crippen molar-refractivity contribution in [2.24, 2.45) is 13.0 Å². The molecule has 1 atom stereocenters. The van der Waals surface area contributed by atoms with E-state index in [0.29, 0.717) is 35.5 Å². The maximum Gasteiger partial charge on any atom is 0.261 e. The molecule has 9 nitrogen and oxygen atoms in total. The van der Waals surface area contributed by atoms with E-state index < -0.39 is 6.04 Å². The fourth-order valence-electron chi connectivity index (χ4n) is 6.09. The zero-order chi connectivity index (χ0) is 26.2. The summed E-state index contributed by atoms with van der Waals surface area (Å²) in [6, 6.07) is 12.3. The fourth-order valence-corrected chi connectivity index (χ4v) is 6.09. The number of nitrogens with zero attached hydrogens (tertiary/aromatic N) is 5. The lowest BCUT2D eigenvalue weighted by Crippen LogP contribution is -2.48. The minimum Gasteiger partial charge on any atom is -0.487 e. The first-order valence-electron chi connectivity index (χ1n) is 13.4. The van der Waals surface area contributed by atoms with Crippen LogP contribution in [0.2, 0.25) is 0 Å². The van der Waals surface area contributed by atoms with Gasteiger partial charge in [-0.25, -0.2) is 0 Å². The van der Waals surface area contributed by atoms with Crippen LogP contribution in [0.5, 0.6) is 5.75 Å². The van der Waals surface area contributed by atoms with Crippen LogP contribution in [0, 0.1) is 5.92 Å². The Bertz CT molecular complexity index is 1360. The second-order valence-electron chi connectivity index (χ2n) is 10.4. The van der Waals surface area contributed by atoms with E-state index in [1.165, 1.54) is 4.90 Å². The van der Waals surface area contributed by atoms with Gasteiger partial charge in [0, 0.05) is 25.1 Å². The molecule has 2 aliphatic heterocycles. The predicted molar refractivity (Wildman–Crippen MR) is 138 cm³/mol. The molecule has 0 unspecified atom stereocenters. The van der Waals surface area contributed by atoms with Crippen LogP contribution >= 0.6 is 0 Å². The molecule has 0 saturated heterocycles. The van der Waals surface area contributed by atoms with Gasteiger partial charge in [0.1, 0.15) is 18.1 Å². The highest BCUT2D eigenvalue weighted by Crippen LogP contribution is 2.40. The standard InChI is InChI=1S/C29H31N5O4/c1-32-16-21(30-31-32)18-38-25-13-7-10-19-14-15-33(27(35)20-8-3-2-4-9-20)24(26(19)25)17-34-28(36)22-11-5-6-12-23(22)29(34)37/h5-7,10-13,16,20,24H,2-4,8-9,14-15,17-18H2,1H3/t24-/m1/s1. The largest absolute Gasteiger partial charge is 0.487 e. The van der Waals surface area contributed by atoms with Crippen LogP contribution < -0.4 is 4.74 Å². The molecule has 38 heavy (non-hydrogen) atoms. The molecule has 1 fully saturated rings. The molecule has 3 aromatic rings. The smallest absolute Gasteiger partial charge is 0.261 e. The summed E-state index contributed by atoms with van der Waals surface area (Å²) in [6.07, 6.45) is 7.51. The van der Waals surface area contributed by atoms with E-state index in [9.17, 15) is 14.4 Å². The summed E-state index contributed by atoms with van der Waals surface area (Å²) in [5, 5.41) is 8.09. The van der Waals surface area contributed by atoms with Gasteiger partial charge in [-0.15, -0.1) is 5.10 Å². The number of amides is 3. The summed E-state index contributed by atoms with van der Waals surface area (Å²) in [6.45, 7) is 0.855. The molecule has 0 N–H and O–H groups in total. The zero-order valence-electron chi connectivity index (χ0n) is 21.5. The number of benzene rings is 2. The first-order valence-corrected chi connectivity index (χ1v) is 13.4. The number of imide groups is 1. The van der Waals surface area contributed by atoms with Gasteiger partial charge in [0.25, 0.3) is 11.8 Å². The molecule has 196 valence electrons. The van der Waals surface area contributed by atoms with Crippen molar-refractivity contribution in [1.82, 2.24) is 24.8 Å². The average molecular weight is 514 g/mol. The van der Waals surface area contributed by atoms with Crippen LogP contribution in [0.25, 0.3) is 0 Å². The first-order chi connectivity index (χ1) is 18.5. The third-order valence-corrected chi connectivity index (χ3v) is 7.98. The van der Waals surface area contributed by atoms with Crippen molar-refractivity contribution in [2.75, 3.05) is 13.1 Å². The van der Waals surface area contributed by atoms with E-state index in [2.05, 4.69) is 10.3 Å². The Hall–Kier alpha value is -4.01. The molecule has 0 bridgehead atoms. The maximum atomic E-state index is 13.9. The van der Waals surface area contributed by atoms with Gasteiger partial charge in [-0.3, -0.25) is 24.0 Å². The Morgan fingerprint density at radius 3 is 2.42 bits per heavy atom. The Kier molecular flexibility index (Phi) is 6.43. The topological polar surface area (TPSA) is 97.6 Å². The van der Waals surface area contributed by atoms with E-state index in [0.717, 1.165) is 43.2 Å². The third-order valence-electron chi connectivity index (χ3n) is 7.98. The quantitative estimate of drug-likeness (QED) is 0.467. The highest BCUT2D eigenvalue weighted by Gasteiger charge is 2.42. The van der Waals surface area contributed by atoms with Gasteiger partial charge in [-0.1, -0.05) is 48.7 Å². The molecule has 3 aliphatic rings. The summed E-state index contributed by atoms with van der Waals surface area (Å²) in [7, 11) is 1.80. The van der Waals surface area contributed by atoms with Gasteiger partial charge >= 0.3 is 0 Å². The third kappa shape index (κ3) is 4.36. The molecule has 6 rings (SSSR count). The Balaban J connectivity index is 1.36. The molecule has 1 saturated carbocycles.